The Balaban J connectivity index is 1.67. The number of allylic oxidation sites excluding steroid dienone is 1. The highest BCUT2D eigenvalue weighted by molar-refractivity contribution is 9.11. The largest absolute Gasteiger partial charge is 0.496 e. The molecule has 0 amide bonds. The highest BCUT2D eigenvalue weighted by Crippen LogP contribution is 2.36. The number of esters is 1. The minimum absolute atomic E-state index is 0.202. The van der Waals surface area contributed by atoms with Crippen molar-refractivity contribution in [2.24, 2.45) is 4.99 Å². The minimum atomic E-state index is -0.756. The van der Waals surface area contributed by atoms with Gasteiger partial charge in [-0.25, -0.2) is 9.79 Å². The third-order valence-corrected chi connectivity index (χ3v) is 8.21. The van der Waals surface area contributed by atoms with E-state index in [4.69, 9.17) is 13.9 Å². The van der Waals surface area contributed by atoms with Crippen LogP contribution < -0.4 is 19.6 Å². The number of methoxy groups -OCH3 is 1. The molecule has 0 saturated carbocycles. The third kappa shape index (κ3) is 4.83. The van der Waals surface area contributed by atoms with Crippen LogP contribution in [0.3, 0.4) is 0 Å². The van der Waals surface area contributed by atoms with Gasteiger partial charge < -0.3 is 13.9 Å². The third-order valence-electron chi connectivity index (χ3n) is 6.04. The predicted molar refractivity (Wildman–Crippen MR) is 153 cm³/mol. The first-order chi connectivity index (χ1) is 18.3. The van der Waals surface area contributed by atoms with E-state index in [9.17, 15) is 9.59 Å². The van der Waals surface area contributed by atoms with Crippen LogP contribution in [-0.2, 0) is 9.53 Å². The van der Waals surface area contributed by atoms with Gasteiger partial charge in [0.25, 0.3) is 5.56 Å². The summed E-state index contributed by atoms with van der Waals surface area (Å²) in [6, 6.07) is 16.1. The zero-order valence-electron chi connectivity index (χ0n) is 20.7. The second-order valence-electron chi connectivity index (χ2n) is 8.37. The highest BCUT2D eigenvalue weighted by atomic mass is 79.9. The lowest BCUT2D eigenvalue weighted by molar-refractivity contribution is -0.139. The molecule has 0 aliphatic carbocycles. The summed E-state index contributed by atoms with van der Waals surface area (Å²) in [5, 5.41) is 0. The van der Waals surface area contributed by atoms with Crippen LogP contribution in [0, 0.1) is 0 Å². The molecule has 0 radical (unpaired) electrons. The van der Waals surface area contributed by atoms with Crippen LogP contribution in [0.2, 0.25) is 0 Å². The van der Waals surface area contributed by atoms with Gasteiger partial charge in [-0.05, 0) is 50.2 Å². The van der Waals surface area contributed by atoms with E-state index >= 15 is 0 Å². The quantitative estimate of drug-likeness (QED) is 0.253. The fraction of sp³-hybridized carbons (Fsp3) is 0.179. The van der Waals surface area contributed by atoms with Crippen LogP contribution in [-0.4, -0.2) is 24.3 Å². The first-order valence-corrected chi connectivity index (χ1v) is 14.1. The van der Waals surface area contributed by atoms with Crippen molar-refractivity contribution < 1.29 is 18.7 Å². The lowest BCUT2D eigenvalue weighted by atomic mass is 9.95. The Morgan fingerprint density at radius 3 is 2.74 bits per heavy atom. The summed E-state index contributed by atoms with van der Waals surface area (Å²) in [4.78, 5) is 32.0. The number of thiazole rings is 1. The summed E-state index contributed by atoms with van der Waals surface area (Å²) in [5.41, 5.74) is 2.05. The zero-order valence-corrected chi connectivity index (χ0v) is 24.6. The number of para-hydroxylation sites is 1. The fourth-order valence-corrected chi connectivity index (χ4v) is 6.20. The molecule has 0 unspecified atom stereocenters. The van der Waals surface area contributed by atoms with Gasteiger partial charge in [-0.1, -0.05) is 61.4 Å². The molecule has 1 aliphatic heterocycles. The first-order valence-electron chi connectivity index (χ1n) is 11.7. The van der Waals surface area contributed by atoms with Gasteiger partial charge in [0.05, 0.1) is 29.5 Å². The topological polar surface area (TPSA) is 83.0 Å². The monoisotopic (exact) mass is 656 g/mol. The molecule has 194 valence electrons. The number of benzene rings is 2. The van der Waals surface area contributed by atoms with Crippen LogP contribution in [0.5, 0.6) is 5.75 Å². The van der Waals surface area contributed by atoms with Gasteiger partial charge in [0.2, 0.25) is 0 Å². The Kier molecular flexibility index (Phi) is 7.56. The van der Waals surface area contributed by atoms with Crippen molar-refractivity contribution >= 4 is 55.2 Å². The van der Waals surface area contributed by atoms with E-state index in [1.807, 2.05) is 48.5 Å². The Hall–Kier alpha value is -3.21. The Bertz CT molecular complexity index is 1770. The molecule has 2 aromatic heterocycles. The standard InChI is InChI=1S/C28H22Br2N2O5S/c1-4-36-27(34)24-15(2)31-28-32(25(24)18-7-5-6-8-21(18)35-3)26(33)23(38-28)14-17-10-12-22(37-17)19-13-16(29)9-11-20(19)30/h5-14,25H,4H2,1-3H3/b23-14+/t25-/m1/s1. The van der Waals surface area contributed by atoms with Crippen LogP contribution in [0.1, 0.15) is 31.2 Å². The molecule has 0 fully saturated rings. The van der Waals surface area contributed by atoms with E-state index in [0.717, 1.165) is 14.5 Å². The maximum absolute atomic E-state index is 13.8. The second kappa shape index (κ2) is 10.9. The van der Waals surface area contributed by atoms with Crippen molar-refractivity contribution in [1.29, 1.82) is 0 Å². The van der Waals surface area contributed by atoms with Gasteiger partial charge in [-0.2, -0.15) is 0 Å². The van der Waals surface area contributed by atoms with Crippen LogP contribution >= 0.6 is 43.2 Å². The van der Waals surface area contributed by atoms with Gasteiger partial charge in [0, 0.05) is 26.1 Å². The molecule has 7 nitrogen and oxygen atoms in total. The molecule has 10 heteroatoms. The van der Waals surface area contributed by atoms with E-state index < -0.39 is 12.0 Å². The van der Waals surface area contributed by atoms with E-state index in [1.165, 1.54) is 15.9 Å². The molecule has 0 bridgehead atoms. The van der Waals surface area contributed by atoms with E-state index in [0.29, 0.717) is 43.4 Å². The molecule has 3 heterocycles. The number of nitrogens with zero attached hydrogens (tertiary/aromatic N) is 2. The number of hydrogen-bond donors (Lipinski definition) is 0. The summed E-state index contributed by atoms with van der Waals surface area (Å²) < 4.78 is 20.8. The molecule has 0 N–H and O–H groups in total. The number of halogens is 2. The van der Waals surface area contributed by atoms with Gasteiger partial charge in [-0.3, -0.25) is 9.36 Å². The second-order valence-corrected chi connectivity index (χ2v) is 11.1. The van der Waals surface area contributed by atoms with Crippen LogP contribution in [0.25, 0.3) is 17.4 Å². The molecular weight excluding hydrogens is 636 g/mol. The van der Waals surface area contributed by atoms with E-state index in [2.05, 4.69) is 36.9 Å². The highest BCUT2D eigenvalue weighted by Gasteiger charge is 2.35. The average Bonchev–Trinajstić information content (AvgIpc) is 3.49. The summed E-state index contributed by atoms with van der Waals surface area (Å²) in [5.74, 6) is 1.21. The Morgan fingerprint density at radius 1 is 1.18 bits per heavy atom. The Labute approximate surface area is 239 Å². The van der Waals surface area contributed by atoms with Gasteiger partial charge in [0.1, 0.15) is 23.3 Å². The van der Waals surface area contributed by atoms with Crippen molar-refractivity contribution in [3.63, 3.8) is 0 Å². The summed E-state index contributed by atoms with van der Waals surface area (Å²) in [6.07, 6.45) is 1.70. The number of carbonyl (C=O) groups excluding carboxylic acids is 1. The summed E-state index contributed by atoms with van der Waals surface area (Å²) in [6.45, 7) is 3.69. The van der Waals surface area contributed by atoms with Crippen LogP contribution in [0.15, 0.2) is 89.0 Å². The molecule has 2 aromatic carbocycles. The summed E-state index contributed by atoms with van der Waals surface area (Å²) in [7, 11) is 1.56. The SMILES string of the molecule is CCOC(=O)C1=C(C)N=c2s/c(=C/c3ccc(-c4cc(Br)ccc4Br)o3)c(=O)n2[C@@H]1c1ccccc1OC. The number of ether oxygens (including phenoxy) is 2. The van der Waals surface area contributed by atoms with E-state index in [-0.39, 0.29) is 12.2 Å². The number of rotatable bonds is 6. The zero-order chi connectivity index (χ0) is 27.0. The number of carbonyl (C=O) groups is 1. The Morgan fingerprint density at radius 2 is 1.97 bits per heavy atom. The molecule has 4 aromatic rings. The first kappa shape index (κ1) is 26.4. The maximum atomic E-state index is 13.8. The van der Waals surface area contributed by atoms with Gasteiger partial charge in [-0.15, -0.1) is 0 Å². The average molecular weight is 658 g/mol. The molecule has 1 atom stereocenters. The van der Waals surface area contributed by atoms with E-state index in [1.54, 1.807) is 33.1 Å². The van der Waals surface area contributed by atoms with Crippen molar-refractivity contribution in [2.75, 3.05) is 13.7 Å². The molecule has 5 rings (SSSR count). The fourth-order valence-electron chi connectivity index (χ4n) is 4.37. The molecule has 1 aliphatic rings. The lowest BCUT2D eigenvalue weighted by Crippen LogP contribution is -2.40. The van der Waals surface area contributed by atoms with Crippen LogP contribution in [0.4, 0.5) is 0 Å². The normalized spacial score (nSPS) is 15.3. The lowest BCUT2D eigenvalue weighted by Gasteiger charge is -2.25. The van der Waals surface area contributed by atoms with Crippen molar-refractivity contribution in [2.45, 2.75) is 19.9 Å². The van der Waals surface area contributed by atoms with Crippen molar-refractivity contribution in [3.05, 3.63) is 106 Å². The molecule has 0 spiro atoms. The van der Waals surface area contributed by atoms with Gasteiger partial charge >= 0.3 is 5.97 Å². The smallest absolute Gasteiger partial charge is 0.338 e. The molecule has 38 heavy (non-hydrogen) atoms. The molecular formula is C28H22Br2N2O5S. The number of hydrogen-bond acceptors (Lipinski definition) is 7. The summed E-state index contributed by atoms with van der Waals surface area (Å²) >= 11 is 8.29. The van der Waals surface area contributed by atoms with Crippen molar-refractivity contribution in [1.82, 2.24) is 4.57 Å². The number of fused-ring (bicyclic) bond motifs is 1. The van der Waals surface area contributed by atoms with Crippen molar-refractivity contribution in [3.8, 4) is 17.1 Å². The minimum Gasteiger partial charge on any atom is -0.496 e. The molecule has 0 saturated heterocycles. The predicted octanol–water partition coefficient (Wildman–Crippen LogP) is 5.59. The number of aromatic nitrogens is 1. The maximum Gasteiger partial charge on any atom is 0.338 e. The number of furan rings is 1. The van der Waals surface area contributed by atoms with Gasteiger partial charge in [0.15, 0.2) is 4.80 Å².